The molecule has 0 spiro atoms. The van der Waals surface area contributed by atoms with Crippen molar-refractivity contribution in [2.45, 2.75) is 25.3 Å². The summed E-state index contributed by atoms with van der Waals surface area (Å²) in [4.78, 5) is 0. The molecule has 1 atom stereocenters. The monoisotopic (exact) mass is 247 g/mol. The number of aromatic nitrogens is 1. The summed E-state index contributed by atoms with van der Waals surface area (Å²) in [5.74, 6) is 0. The molecule has 0 N–H and O–H groups in total. The molecule has 0 amide bonds. The van der Waals surface area contributed by atoms with Crippen LogP contribution >= 0.6 is 0 Å². The zero-order chi connectivity index (χ0) is 12.7. The molecule has 1 aliphatic rings. The summed E-state index contributed by atoms with van der Waals surface area (Å²) < 4.78 is 2.55. The Kier molecular flexibility index (Phi) is 2.44. The van der Waals surface area contributed by atoms with Gasteiger partial charge in [0.1, 0.15) is 0 Å². The van der Waals surface area contributed by atoms with Crippen molar-refractivity contribution in [3.8, 4) is 0 Å². The van der Waals surface area contributed by atoms with E-state index in [9.17, 15) is 0 Å². The van der Waals surface area contributed by atoms with Crippen LogP contribution in [-0.2, 0) is 0 Å². The minimum Gasteiger partial charge on any atom is -0.337 e. The van der Waals surface area contributed by atoms with Gasteiger partial charge >= 0.3 is 0 Å². The van der Waals surface area contributed by atoms with E-state index in [0.717, 1.165) is 6.42 Å². The van der Waals surface area contributed by atoms with Crippen molar-refractivity contribution in [3.63, 3.8) is 0 Å². The van der Waals surface area contributed by atoms with Gasteiger partial charge in [0.25, 0.3) is 0 Å². The second-order valence-electron chi connectivity index (χ2n) is 5.34. The molecule has 1 unspecified atom stereocenters. The number of fused-ring (bicyclic) bond motifs is 3. The number of nitrogens with zero attached hydrogens (tertiary/aromatic N) is 1. The number of hydrogen-bond acceptors (Lipinski definition) is 0. The third-order valence-corrected chi connectivity index (χ3v) is 4.22. The molecule has 2 aromatic carbocycles. The number of hydrogen-bond donors (Lipinski definition) is 0. The van der Waals surface area contributed by atoms with Gasteiger partial charge in [-0.1, -0.05) is 48.6 Å². The van der Waals surface area contributed by atoms with Gasteiger partial charge in [0.2, 0.25) is 0 Å². The lowest BCUT2D eigenvalue weighted by atomic mass is 10.0. The fourth-order valence-corrected chi connectivity index (χ4v) is 3.36. The van der Waals surface area contributed by atoms with Crippen LogP contribution in [0.2, 0.25) is 0 Å². The Morgan fingerprint density at radius 3 is 2.00 bits per heavy atom. The lowest BCUT2D eigenvalue weighted by Gasteiger charge is -2.22. The summed E-state index contributed by atoms with van der Waals surface area (Å²) in [5.41, 5.74) is 2.76. The first-order chi connectivity index (χ1) is 9.45. The normalized spacial score (nSPS) is 19.3. The zero-order valence-corrected chi connectivity index (χ0v) is 10.9. The van der Waals surface area contributed by atoms with Crippen molar-refractivity contribution in [3.05, 3.63) is 60.7 Å². The Morgan fingerprint density at radius 1 is 0.789 bits per heavy atom. The third-order valence-electron chi connectivity index (χ3n) is 4.22. The predicted molar refractivity (Wildman–Crippen MR) is 81.5 cm³/mol. The molecule has 0 bridgehead atoms. The maximum absolute atomic E-state index is 2.55. The van der Waals surface area contributed by atoms with E-state index in [1.165, 1.54) is 34.6 Å². The summed E-state index contributed by atoms with van der Waals surface area (Å²) in [5, 5.41) is 2.76. The fraction of sp³-hybridized carbons (Fsp3) is 0.222. The molecule has 4 rings (SSSR count). The highest BCUT2D eigenvalue weighted by molar-refractivity contribution is 6.08. The fourth-order valence-electron chi connectivity index (χ4n) is 3.36. The van der Waals surface area contributed by atoms with Crippen LogP contribution in [0.1, 0.15) is 25.3 Å². The number of allylic oxidation sites excluding steroid dienone is 2. The van der Waals surface area contributed by atoms with Crippen LogP contribution < -0.4 is 0 Å². The molecule has 1 aliphatic carbocycles. The molecular weight excluding hydrogens is 230 g/mol. The maximum atomic E-state index is 2.55. The zero-order valence-electron chi connectivity index (χ0n) is 10.9. The molecule has 3 aromatic rings. The molecule has 1 heterocycles. The quantitative estimate of drug-likeness (QED) is 0.529. The van der Waals surface area contributed by atoms with Crippen LogP contribution in [0.25, 0.3) is 21.8 Å². The molecule has 94 valence electrons. The van der Waals surface area contributed by atoms with Crippen LogP contribution in [0.3, 0.4) is 0 Å². The van der Waals surface area contributed by atoms with Gasteiger partial charge in [-0.15, -0.1) is 0 Å². The van der Waals surface area contributed by atoms with E-state index in [-0.39, 0.29) is 0 Å². The van der Waals surface area contributed by atoms with Crippen molar-refractivity contribution < 1.29 is 0 Å². The van der Waals surface area contributed by atoms with Gasteiger partial charge in [-0.3, -0.25) is 0 Å². The van der Waals surface area contributed by atoms with Gasteiger partial charge in [0.15, 0.2) is 0 Å². The molecule has 0 saturated carbocycles. The van der Waals surface area contributed by atoms with Crippen molar-refractivity contribution in [1.29, 1.82) is 0 Å². The molecular formula is C18H17N. The third kappa shape index (κ3) is 1.61. The SMILES string of the molecule is C1=CCC(n2c3ccccc3c3ccccc32)CC1. The van der Waals surface area contributed by atoms with E-state index >= 15 is 0 Å². The Labute approximate surface area is 113 Å². The van der Waals surface area contributed by atoms with Crippen molar-refractivity contribution >= 4 is 21.8 Å². The lowest BCUT2D eigenvalue weighted by Crippen LogP contribution is -2.09. The first-order valence-corrected chi connectivity index (χ1v) is 7.08. The van der Waals surface area contributed by atoms with Gasteiger partial charge in [-0.05, 0) is 31.4 Å². The van der Waals surface area contributed by atoms with E-state index in [0.29, 0.717) is 6.04 Å². The summed E-state index contributed by atoms with van der Waals surface area (Å²) in [6.07, 6.45) is 8.25. The minimum atomic E-state index is 0.606. The van der Waals surface area contributed by atoms with E-state index in [1.807, 2.05) is 0 Å². The Balaban J connectivity index is 2.07. The smallest absolute Gasteiger partial charge is 0.0494 e. The highest BCUT2D eigenvalue weighted by Crippen LogP contribution is 2.35. The van der Waals surface area contributed by atoms with Gasteiger partial charge in [0, 0.05) is 27.8 Å². The molecule has 19 heavy (non-hydrogen) atoms. The minimum absolute atomic E-state index is 0.606. The first-order valence-electron chi connectivity index (χ1n) is 7.08. The standard InChI is InChI=1S/C18H17N/c1-2-8-14(9-3-1)19-17-12-6-4-10-15(17)16-11-5-7-13-18(16)19/h1-2,4-7,10-14H,3,8-9H2. The maximum Gasteiger partial charge on any atom is 0.0494 e. The summed E-state index contributed by atoms with van der Waals surface area (Å²) in [6.45, 7) is 0. The largest absolute Gasteiger partial charge is 0.337 e. The second kappa shape index (κ2) is 4.27. The molecule has 0 fully saturated rings. The highest BCUT2D eigenvalue weighted by atomic mass is 15.0. The summed E-state index contributed by atoms with van der Waals surface area (Å²) in [6, 6.07) is 18.2. The summed E-state index contributed by atoms with van der Waals surface area (Å²) >= 11 is 0. The van der Waals surface area contributed by atoms with E-state index < -0.39 is 0 Å². The van der Waals surface area contributed by atoms with Gasteiger partial charge in [-0.2, -0.15) is 0 Å². The average Bonchev–Trinajstić information content (AvgIpc) is 2.83. The van der Waals surface area contributed by atoms with Crippen LogP contribution in [0.15, 0.2) is 60.7 Å². The lowest BCUT2D eigenvalue weighted by molar-refractivity contribution is 0.485. The van der Waals surface area contributed by atoms with E-state index in [1.54, 1.807) is 0 Å². The van der Waals surface area contributed by atoms with Crippen LogP contribution in [0.4, 0.5) is 0 Å². The first kappa shape index (κ1) is 10.9. The number of para-hydroxylation sites is 2. The molecule has 1 heteroatoms. The van der Waals surface area contributed by atoms with Crippen LogP contribution in [0, 0.1) is 0 Å². The Morgan fingerprint density at radius 2 is 1.42 bits per heavy atom. The van der Waals surface area contributed by atoms with Crippen molar-refractivity contribution in [1.82, 2.24) is 4.57 Å². The molecule has 1 aromatic heterocycles. The highest BCUT2D eigenvalue weighted by Gasteiger charge is 2.17. The van der Waals surface area contributed by atoms with Crippen LogP contribution in [-0.4, -0.2) is 4.57 Å². The Bertz CT molecular complexity index is 710. The van der Waals surface area contributed by atoms with E-state index in [4.69, 9.17) is 0 Å². The molecule has 0 aliphatic heterocycles. The Hall–Kier alpha value is -2.02. The van der Waals surface area contributed by atoms with Gasteiger partial charge in [0.05, 0.1) is 0 Å². The topological polar surface area (TPSA) is 4.93 Å². The van der Waals surface area contributed by atoms with E-state index in [2.05, 4.69) is 65.3 Å². The molecule has 0 saturated heterocycles. The summed E-state index contributed by atoms with van der Waals surface area (Å²) in [7, 11) is 0. The predicted octanol–water partition coefficient (Wildman–Crippen LogP) is 5.08. The molecule has 0 radical (unpaired) electrons. The average molecular weight is 247 g/mol. The van der Waals surface area contributed by atoms with Crippen molar-refractivity contribution in [2.24, 2.45) is 0 Å². The van der Waals surface area contributed by atoms with Gasteiger partial charge < -0.3 is 4.57 Å². The van der Waals surface area contributed by atoms with Crippen molar-refractivity contribution in [2.75, 3.05) is 0 Å². The van der Waals surface area contributed by atoms with Crippen LogP contribution in [0.5, 0.6) is 0 Å². The second-order valence-corrected chi connectivity index (χ2v) is 5.34. The van der Waals surface area contributed by atoms with Gasteiger partial charge in [-0.25, -0.2) is 0 Å². The molecule has 1 nitrogen and oxygen atoms in total. The number of rotatable bonds is 1. The number of benzene rings is 2.